The molecule has 0 radical (unpaired) electrons. The van der Waals surface area contributed by atoms with Crippen LogP contribution in [0.25, 0.3) is 0 Å². The topological polar surface area (TPSA) is 75.7 Å². The van der Waals surface area contributed by atoms with E-state index in [4.69, 9.17) is 52.2 Å². The van der Waals surface area contributed by atoms with Gasteiger partial charge in [0.25, 0.3) is 0 Å². The highest BCUT2D eigenvalue weighted by atomic mass is 35.5. The Balaban J connectivity index is 1.91. The van der Waals surface area contributed by atoms with Crippen LogP contribution >= 0.6 is 23.8 Å². The van der Waals surface area contributed by atoms with Crippen molar-refractivity contribution in [3.05, 3.63) is 76.3 Å². The minimum atomic E-state index is -0.802. The van der Waals surface area contributed by atoms with Gasteiger partial charge < -0.3 is 33.3 Å². The molecule has 10 heteroatoms. The van der Waals surface area contributed by atoms with Crippen molar-refractivity contribution in [1.29, 1.82) is 0 Å². The molecular weight excluding hydrogens is 566 g/mol. The third-order valence-corrected chi connectivity index (χ3v) is 7.59. The number of methoxy groups -OCH3 is 3. The Kier molecular flexibility index (Phi) is 10.3. The van der Waals surface area contributed by atoms with Gasteiger partial charge in [0.15, 0.2) is 0 Å². The zero-order valence-corrected chi connectivity index (χ0v) is 25.3. The number of thiocarbonyl (C=S) groups is 1. The number of hydrogen-bond acceptors (Lipinski definition) is 8. The van der Waals surface area contributed by atoms with Crippen molar-refractivity contribution >= 4 is 40.5 Å². The molecule has 3 aromatic rings. The maximum absolute atomic E-state index is 12.7. The molecule has 1 aliphatic heterocycles. The second-order valence-electron chi connectivity index (χ2n) is 9.13. The van der Waals surface area contributed by atoms with E-state index < -0.39 is 18.2 Å². The quantitative estimate of drug-likeness (QED) is 0.180. The number of fused-ring (bicyclic) bond motifs is 1. The molecule has 0 saturated heterocycles. The Morgan fingerprint density at radius 3 is 2.37 bits per heavy atom. The number of carbonyl (C=O) groups excluding carboxylic acids is 1. The molecule has 41 heavy (non-hydrogen) atoms. The molecule has 4 rings (SSSR count). The van der Waals surface area contributed by atoms with Crippen LogP contribution in [0, 0.1) is 0 Å². The third kappa shape index (κ3) is 6.69. The summed E-state index contributed by atoms with van der Waals surface area (Å²) in [6.07, 6.45) is -1.58. The summed E-state index contributed by atoms with van der Waals surface area (Å²) in [5, 5.41) is 0.402. The number of rotatable bonds is 11. The molecule has 0 saturated carbocycles. The van der Waals surface area contributed by atoms with Crippen molar-refractivity contribution in [2.45, 2.75) is 39.0 Å². The minimum absolute atomic E-state index is 0.0761. The highest BCUT2D eigenvalue weighted by molar-refractivity contribution is 7.80. The van der Waals surface area contributed by atoms with E-state index in [0.717, 1.165) is 16.8 Å². The summed E-state index contributed by atoms with van der Waals surface area (Å²) < 4.78 is 34.4. The largest absolute Gasteiger partial charge is 0.497 e. The SMILES string of the molecule is CCOC(=O)CC1OC(c2cccc(OC)c2Cl)c2cc(OCC)ccc2N(Cc2ccc(OC)cc2OC)C1=S. The first-order chi connectivity index (χ1) is 19.8. The molecule has 0 amide bonds. The van der Waals surface area contributed by atoms with Crippen molar-refractivity contribution in [1.82, 2.24) is 0 Å². The van der Waals surface area contributed by atoms with E-state index >= 15 is 0 Å². The molecule has 0 fully saturated rings. The lowest BCUT2D eigenvalue weighted by Gasteiger charge is -2.28. The molecule has 1 aliphatic rings. The van der Waals surface area contributed by atoms with Gasteiger partial charge in [-0.1, -0.05) is 36.0 Å². The first kappa shape index (κ1) is 30.4. The number of nitrogens with zero attached hydrogens (tertiary/aromatic N) is 1. The number of carbonyl (C=O) groups is 1. The first-order valence-corrected chi connectivity index (χ1v) is 14.1. The number of anilines is 1. The van der Waals surface area contributed by atoms with E-state index in [1.807, 2.05) is 60.4 Å². The van der Waals surface area contributed by atoms with Gasteiger partial charge in [-0.15, -0.1) is 0 Å². The number of halogens is 1. The zero-order chi connectivity index (χ0) is 29.5. The molecule has 0 spiro atoms. The van der Waals surface area contributed by atoms with Crippen LogP contribution in [0.3, 0.4) is 0 Å². The van der Waals surface area contributed by atoms with Gasteiger partial charge in [0.1, 0.15) is 40.2 Å². The van der Waals surface area contributed by atoms with Gasteiger partial charge in [0.05, 0.1) is 52.5 Å². The fourth-order valence-electron chi connectivity index (χ4n) is 4.78. The van der Waals surface area contributed by atoms with E-state index in [9.17, 15) is 4.79 Å². The van der Waals surface area contributed by atoms with Crippen molar-refractivity contribution in [3.63, 3.8) is 0 Å². The predicted molar refractivity (Wildman–Crippen MR) is 162 cm³/mol. The lowest BCUT2D eigenvalue weighted by molar-refractivity contribution is -0.145. The zero-order valence-electron chi connectivity index (χ0n) is 23.8. The summed E-state index contributed by atoms with van der Waals surface area (Å²) in [7, 11) is 4.77. The molecule has 8 nitrogen and oxygen atoms in total. The molecule has 0 bridgehead atoms. The molecule has 1 heterocycles. The number of esters is 1. The minimum Gasteiger partial charge on any atom is -0.497 e. The maximum Gasteiger partial charge on any atom is 0.308 e. The summed E-state index contributed by atoms with van der Waals surface area (Å²) in [6, 6.07) is 16.9. The predicted octanol–water partition coefficient (Wildman–Crippen LogP) is 6.54. The van der Waals surface area contributed by atoms with Gasteiger partial charge >= 0.3 is 5.97 Å². The summed E-state index contributed by atoms with van der Waals surface area (Å²) in [5.74, 6) is 2.05. The standard InChI is InChI=1S/C31H34ClNO7S/c1-6-38-21-13-14-24-23(15-21)30(22-9-8-10-25(36-4)29(22)32)40-27(17-28(34)39-7-2)31(41)33(24)18-19-11-12-20(35-3)16-26(19)37-5/h8-16,27,30H,6-7,17-18H2,1-5H3. The Hall–Kier alpha value is -3.53. The molecule has 3 aromatic carbocycles. The lowest BCUT2D eigenvalue weighted by Crippen LogP contribution is -2.39. The van der Waals surface area contributed by atoms with Gasteiger partial charge in [-0.05, 0) is 50.2 Å². The van der Waals surface area contributed by atoms with Crippen molar-refractivity contribution in [2.24, 2.45) is 0 Å². The number of ether oxygens (including phenoxy) is 6. The van der Waals surface area contributed by atoms with Crippen molar-refractivity contribution < 1.29 is 33.2 Å². The van der Waals surface area contributed by atoms with Crippen LogP contribution in [-0.2, 0) is 20.8 Å². The van der Waals surface area contributed by atoms with Gasteiger partial charge in [0.2, 0.25) is 0 Å². The smallest absolute Gasteiger partial charge is 0.308 e. The fraction of sp³-hybridized carbons (Fsp3) is 0.355. The van der Waals surface area contributed by atoms with Crippen molar-refractivity contribution in [3.8, 4) is 23.0 Å². The van der Waals surface area contributed by atoms with Crippen LogP contribution in [0.4, 0.5) is 5.69 Å². The fourth-order valence-corrected chi connectivity index (χ4v) is 5.39. The summed E-state index contributed by atoms with van der Waals surface area (Å²) in [4.78, 5) is 15.1. The highest BCUT2D eigenvalue weighted by Crippen LogP contribution is 2.45. The molecule has 2 unspecified atom stereocenters. The summed E-state index contributed by atoms with van der Waals surface area (Å²) >= 11 is 12.9. The van der Waals surface area contributed by atoms with Crippen LogP contribution in [0.1, 0.15) is 43.1 Å². The monoisotopic (exact) mass is 599 g/mol. The Bertz CT molecular complexity index is 1400. The van der Waals surface area contributed by atoms with E-state index in [1.165, 1.54) is 0 Å². The van der Waals surface area contributed by atoms with Gasteiger partial charge in [-0.2, -0.15) is 0 Å². The van der Waals surface area contributed by atoms with Gasteiger partial charge in [-0.3, -0.25) is 4.79 Å². The molecular formula is C31H34ClNO7S. The Morgan fingerprint density at radius 1 is 0.927 bits per heavy atom. The van der Waals surface area contributed by atoms with Crippen LogP contribution < -0.4 is 23.8 Å². The Labute approximate surface area is 251 Å². The molecule has 0 N–H and O–H groups in total. The average Bonchev–Trinajstić information content (AvgIpc) is 3.08. The number of benzene rings is 3. The molecule has 0 aromatic heterocycles. The van der Waals surface area contributed by atoms with Crippen LogP contribution in [-0.4, -0.2) is 51.6 Å². The van der Waals surface area contributed by atoms with E-state index in [2.05, 4.69) is 0 Å². The Morgan fingerprint density at radius 2 is 1.68 bits per heavy atom. The highest BCUT2D eigenvalue weighted by Gasteiger charge is 2.37. The van der Waals surface area contributed by atoms with Gasteiger partial charge in [0, 0.05) is 28.4 Å². The second-order valence-corrected chi connectivity index (χ2v) is 9.93. The van der Waals surface area contributed by atoms with Gasteiger partial charge in [-0.25, -0.2) is 0 Å². The average molecular weight is 600 g/mol. The molecule has 2 atom stereocenters. The van der Waals surface area contributed by atoms with Crippen molar-refractivity contribution in [2.75, 3.05) is 39.4 Å². The molecule has 0 aliphatic carbocycles. The van der Waals surface area contributed by atoms with Crippen LogP contribution in [0.2, 0.25) is 5.02 Å². The van der Waals surface area contributed by atoms with E-state index in [-0.39, 0.29) is 13.0 Å². The van der Waals surface area contributed by atoms with Crippen LogP contribution in [0.15, 0.2) is 54.6 Å². The first-order valence-electron chi connectivity index (χ1n) is 13.3. The summed E-state index contributed by atoms with van der Waals surface area (Å²) in [5.41, 5.74) is 3.09. The third-order valence-electron chi connectivity index (χ3n) is 6.70. The second kappa shape index (κ2) is 13.9. The number of hydrogen-bond donors (Lipinski definition) is 0. The van der Waals surface area contributed by atoms with E-state index in [0.29, 0.717) is 51.7 Å². The normalized spacial score (nSPS) is 16.4. The van der Waals surface area contributed by atoms with E-state index in [1.54, 1.807) is 34.3 Å². The molecule has 218 valence electrons. The maximum atomic E-state index is 12.7. The summed E-state index contributed by atoms with van der Waals surface area (Å²) in [6.45, 7) is 4.75. The lowest BCUT2D eigenvalue weighted by atomic mass is 9.98. The van der Waals surface area contributed by atoms with Crippen LogP contribution in [0.5, 0.6) is 23.0 Å².